The van der Waals surface area contributed by atoms with E-state index in [1.807, 2.05) is 55.5 Å². The Balaban J connectivity index is 1.42. The molecule has 7 nitrogen and oxygen atoms in total. The van der Waals surface area contributed by atoms with Gasteiger partial charge in [-0.05, 0) is 41.7 Å². The first-order valence-corrected chi connectivity index (χ1v) is 11.0. The molecule has 4 rings (SSSR count). The summed E-state index contributed by atoms with van der Waals surface area (Å²) in [6.07, 6.45) is 1.77. The van der Waals surface area contributed by atoms with Gasteiger partial charge in [0.25, 0.3) is 11.5 Å². The summed E-state index contributed by atoms with van der Waals surface area (Å²) in [5.41, 5.74) is 4.01. The van der Waals surface area contributed by atoms with E-state index in [2.05, 4.69) is 35.3 Å². The van der Waals surface area contributed by atoms with E-state index in [4.69, 9.17) is 0 Å². The molecule has 33 heavy (non-hydrogen) atoms. The normalized spacial score (nSPS) is 11.0. The van der Waals surface area contributed by atoms with Crippen molar-refractivity contribution in [3.63, 3.8) is 0 Å². The average molecular weight is 442 g/mol. The molecule has 0 aliphatic carbocycles. The Bertz CT molecular complexity index is 1320. The summed E-state index contributed by atoms with van der Waals surface area (Å²) in [5, 5.41) is 7.36. The Hall–Kier alpha value is -4.00. The van der Waals surface area contributed by atoms with Gasteiger partial charge in [-0.1, -0.05) is 62.4 Å². The molecule has 1 amide bonds. The number of hydrogen-bond acceptors (Lipinski definition) is 4. The van der Waals surface area contributed by atoms with Crippen molar-refractivity contribution in [1.82, 2.24) is 24.6 Å². The lowest BCUT2D eigenvalue weighted by Gasteiger charge is -2.12. The molecular weight excluding hydrogens is 414 g/mol. The molecule has 0 fully saturated rings. The third kappa shape index (κ3) is 5.09. The second-order valence-corrected chi connectivity index (χ2v) is 8.27. The zero-order valence-electron chi connectivity index (χ0n) is 19.0. The second kappa shape index (κ2) is 9.65. The first-order chi connectivity index (χ1) is 15.9. The minimum Gasteiger partial charge on any atom is -0.345 e. The van der Waals surface area contributed by atoms with Gasteiger partial charge in [0.2, 0.25) is 5.82 Å². The SMILES string of the molecule is Cc1nc(C(=O)NCc2ccc(Cn3ccccc3=O)cc2)nn1-c1ccccc1C(C)C. The molecule has 0 aliphatic rings. The number of nitrogens with one attached hydrogen (secondary N) is 1. The average Bonchev–Trinajstić information content (AvgIpc) is 3.21. The van der Waals surface area contributed by atoms with Crippen LogP contribution in [0.3, 0.4) is 0 Å². The smallest absolute Gasteiger partial charge is 0.291 e. The number of carbonyl (C=O) groups excluding carboxylic acids is 1. The van der Waals surface area contributed by atoms with Crippen LogP contribution in [0.5, 0.6) is 0 Å². The summed E-state index contributed by atoms with van der Waals surface area (Å²) in [6.45, 7) is 6.97. The van der Waals surface area contributed by atoms with E-state index in [0.29, 0.717) is 24.8 Å². The molecular formula is C26H27N5O2. The molecule has 168 valence electrons. The van der Waals surface area contributed by atoms with Gasteiger partial charge >= 0.3 is 0 Å². The van der Waals surface area contributed by atoms with Gasteiger partial charge in [-0.15, -0.1) is 5.10 Å². The highest BCUT2D eigenvalue weighted by Gasteiger charge is 2.17. The van der Waals surface area contributed by atoms with Gasteiger partial charge in [0.05, 0.1) is 12.2 Å². The third-order valence-corrected chi connectivity index (χ3v) is 5.49. The van der Waals surface area contributed by atoms with Crippen LogP contribution in [0, 0.1) is 6.92 Å². The minimum atomic E-state index is -0.321. The maximum absolute atomic E-state index is 12.7. The number of amides is 1. The van der Waals surface area contributed by atoms with Crippen LogP contribution >= 0.6 is 0 Å². The number of para-hydroxylation sites is 1. The fourth-order valence-electron chi connectivity index (χ4n) is 3.69. The summed E-state index contributed by atoms with van der Waals surface area (Å²) >= 11 is 0. The van der Waals surface area contributed by atoms with Gasteiger partial charge in [0.1, 0.15) is 5.82 Å². The van der Waals surface area contributed by atoms with Crippen LogP contribution in [0.2, 0.25) is 0 Å². The van der Waals surface area contributed by atoms with E-state index in [1.54, 1.807) is 27.6 Å². The van der Waals surface area contributed by atoms with Gasteiger partial charge in [0.15, 0.2) is 0 Å². The Labute approximate surface area is 192 Å². The fraction of sp³-hybridized carbons (Fsp3) is 0.231. The molecule has 0 saturated heterocycles. The van der Waals surface area contributed by atoms with Crippen molar-refractivity contribution in [3.05, 3.63) is 112 Å². The number of benzene rings is 2. The Morgan fingerprint density at radius 1 is 0.970 bits per heavy atom. The number of hydrogen-bond donors (Lipinski definition) is 1. The molecule has 0 atom stereocenters. The van der Waals surface area contributed by atoms with E-state index < -0.39 is 0 Å². The Morgan fingerprint density at radius 3 is 2.39 bits per heavy atom. The Morgan fingerprint density at radius 2 is 1.67 bits per heavy atom. The molecule has 2 aromatic carbocycles. The molecule has 0 bridgehead atoms. The summed E-state index contributed by atoms with van der Waals surface area (Å²) < 4.78 is 3.38. The van der Waals surface area contributed by atoms with Crippen molar-refractivity contribution >= 4 is 5.91 Å². The van der Waals surface area contributed by atoms with Crippen molar-refractivity contribution in [2.45, 2.75) is 39.8 Å². The quantitative estimate of drug-likeness (QED) is 0.472. The zero-order valence-corrected chi connectivity index (χ0v) is 19.0. The molecule has 0 unspecified atom stereocenters. The van der Waals surface area contributed by atoms with Crippen molar-refractivity contribution < 1.29 is 4.79 Å². The minimum absolute atomic E-state index is 0.0351. The molecule has 4 aromatic rings. The second-order valence-electron chi connectivity index (χ2n) is 8.27. The predicted molar refractivity (Wildman–Crippen MR) is 128 cm³/mol. The molecule has 2 heterocycles. The number of rotatable bonds is 7. The molecule has 0 aliphatic heterocycles. The highest BCUT2D eigenvalue weighted by atomic mass is 16.2. The van der Waals surface area contributed by atoms with Gasteiger partial charge in [-0.3, -0.25) is 9.59 Å². The standard InChI is InChI=1S/C26H27N5O2/c1-18(2)22-8-4-5-9-23(22)31-19(3)28-25(29-31)26(33)27-16-20-11-13-21(14-12-20)17-30-15-7-6-10-24(30)32/h4-15,18H,16-17H2,1-3H3,(H,27,33). The highest BCUT2D eigenvalue weighted by Crippen LogP contribution is 2.23. The lowest BCUT2D eigenvalue weighted by Crippen LogP contribution is -2.24. The molecule has 0 radical (unpaired) electrons. The van der Waals surface area contributed by atoms with Crippen molar-refractivity contribution in [2.75, 3.05) is 0 Å². The largest absolute Gasteiger partial charge is 0.345 e. The maximum atomic E-state index is 12.7. The molecule has 1 N–H and O–H groups in total. The number of pyridine rings is 1. The van der Waals surface area contributed by atoms with Gasteiger partial charge in [-0.2, -0.15) is 0 Å². The van der Waals surface area contributed by atoms with Crippen LogP contribution in [-0.4, -0.2) is 25.2 Å². The van der Waals surface area contributed by atoms with Crippen LogP contribution in [0.1, 0.15) is 52.9 Å². The van der Waals surface area contributed by atoms with E-state index >= 15 is 0 Å². The monoisotopic (exact) mass is 441 g/mol. The van der Waals surface area contributed by atoms with E-state index in [0.717, 1.165) is 22.4 Å². The van der Waals surface area contributed by atoms with Crippen LogP contribution < -0.4 is 10.9 Å². The first-order valence-electron chi connectivity index (χ1n) is 11.0. The van der Waals surface area contributed by atoms with Gasteiger partial charge in [0, 0.05) is 18.8 Å². The van der Waals surface area contributed by atoms with Crippen molar-refractivity contribution in [3.8, 4) is 5.69 Å². The number of carbonyl (C=O) groups is 1. The lowest BCUT2D eigenvalue weighted by atomic mass is 10.0. The number of aryl methyl sites for hydroxylation is 1. The van der Waals surface area contributed by atoms with E-state index in [9.17, 15) is 9.59 Å². The molecule has 0 saturated carbocycles. The maximum Gasteiger partial charge on any atom is 0.291 e. The topological polar surface area (TPSA) is 81.8 Å². The summed E-state index contributed by atoms with van der Waals surface area (Å²) in [5.74, 6) is 0.809. The van der Waals surface area contributed by atoms with E-state index in [1.165, 1.54) is 0 Å². The van der Waals surface area contributed by atoms with Crippen LogP contribution in [-0.2, 0) is 13.1 Å². The van der Waals surface area contributed by atoms with Gasteiger partial charge < -0.3 is 9.88 Å². The highest BCUT2D eigenvalue weighted by molar-refractivity contribution is 5.90. The van der Waals surface area contributed by atoms with Crippen molar-refractivity contribution in [1.29, 1.82) is 0 Å². The van der Waals surface area contributed by atoms with E-state index in [-0.39, 0.29) is 17.3 Å². The summed E-state index contributed by atoms with van der Waals surface area (Å²) in [4.78, 5) is 28.9. The molecule has 0 spiro atoms. The summed E-state index contributed by atoms with van der Waals surface area (Å²) in [7, 11) is 0. The summed E-state index contributed by atoms with van der Waals surface area (Å²) in [6, 6.07) is 20.9. The van der Waals surface area contributed by atoms with Crippen LogP contribution in [0.4, 0.5) is 0 Å². The number of nitrogens with zero attached hydrogens (tertiary/aromatic N) is 4. The fourth-order valence-corrected chi connectivity index (χ4v) is 3.69. The molecule has 7 heteroatoms. The number of aromatic nitrogens is 4. The van der Waals surface area contributed by atoms with Gasteiger partial charge in [-0.25, -0.2) is 9.67 Å². The lowest BCUT2D eigenvalue weighted by molar-refractivity contribution is 0.0940. The van der Waals surface area contributed by atoms with Crippen LogP contribution in [0.15, 0.2) is 77.7 Å². The zero-order chi connectivity index (χ0) is 23.4. The van der Waals surface area contributed by atoms with Crippen LogP contribution in [0.25, 0.3) is 5.69 Å². The van der Waals surface area contributed by atoms with Crippen molar-refractivity contribution in [2.24, 2.45) is 0 Å². The Kier molecular flexibility index (Phi) is 6.49. The predicted octanol–water partition coefficient (Wildman–Crippen LogP) is 3.84. The third-order valence-electron chi connectivity index (χ3n) is 5.49. The molecule has 2 aromatic heterocycles. The first kappa shape index (κ1) is 22.2.